The molecule has 2 heterocycles. The van der Waals surface area contributed by atoms with Crippen molar-refractivity contribution in [3.05, 3.63) is 53.7 Å². The van der Waals surface area contributed by atoms with Crippen LogP contribution >= 0.6 is 11.3 Å². The molecule has 0 spiro atoms. The highest BCUT2D eigenvalue weighted by atomic mass is 32.2. The Morgan fingerprint density at radius 3 is 2.58 bits per heavy atom. The van der Waals surface area contributed by atoms with E-state index in [1.807, 2.05) is 41.8 Å². The monoisotopic (exact) mass is 388 g/mol. The summed E-state index contributed by atoms with van der Waals surface area (Å²) in [6.07, 6.45) is 4.26. The maximum atomic E-state index is 12.7. The van der Waals surface area contributed by atoms with Crippen LogP contribution in [0, 0.1) is 0 Å². The van der Waals surface area contributed by atoms with Gasteiger partial charge < -0.3 is 4.74 Å². The molecule has 0 atom stereocenters. The van der Waals surface area contributed by atoms with Crippen LogP contribution in [0.4, 0.5) is 0 Å². The zero-order chi connectivity index (χ0) is 18.0. The number of hydrogen-bond donors (Lipinski definition) is 0. The minimum atomic E-state index is -3.14. The van der Waals surface area contributed by atoms with E-state index in [1.54, 1.807) is 11.3 Å². The van der Waals surface area contributed by atoms with Crippen molar-refractivity contribution in [2.75, 3.05) is 0 Å². The molecule has 1 aliphatic rings. The van der Waals surface area contributed by atoms with Crippen LogP contribution in [0.3, 0.4) is 0 Å². The smallest absolute Gasteiger partial charge is 0.235 e. The van der Waals surface area contributed by atoms with Crippen molar-refractivity contribution in [2.24, 2.45) is 0 Å². The topological polar surface area (TPSA) is 69.2 Å². The minimum absolute atomic E-state index is 0.0124. The predicted molar refractivity (Wildman–Crippen MR) is 103 cm³/mol. The lowest BCUT2D eigenvalue weighted by atomic mass is 9.97. The van der Waals surface area contributed by atoms with Gasteiger partial charge in [-0.05, 0) is 42.7 Å². The second kappa shape index (κ2) is 7.32. The van der Waals surface area contributed by atoms with Gasteiger partial charge in [-0.1, -0.05) is 30.3 Å². The fourth-order valence-corrected chi connectivity index (χ4v) is 6.10. The van der Waals surface area contributed by atoms with Crippen LogP contribution in [-0.2, 0) is 15.6 Å². The molecule has 0 saturated heterocycles. The van der Waals surface area contributed by atoms with E-state index in [4.69, 9.17) is 4.74 Å². The number of nitrogens with zero attached hydrogens (tertiary/aromatic N) is 2. The van der Waals surface area contributed by atoms with Crippen molar-refractivity contribution in [3.63, 3.8) is 0 Å². The van der Waals surface area contributed by atoms with Gasteiger partial charge in [0.1, 0.15) is 17.1 Å². The summed E-state index contributed by atoms with van der Waals surface area (Å²) in [5.41, 5.74) is 1.74. The number of aromatic nitrogens is 2. The standard InChI is InChI=1S/C19H20N2O3S2/c22-26(23,12-14-4-2-1-3-5-14)16-8-6-15(7-9-16)24-19-18-17(10-11-25-18)20-13-21-19/h1-5,10-11,13,15-16H,6-9,12H2. The van der Waals surface area contributed by atoms with E-state index in [0.717, 1.165) is 28.6 Å². The summed E-state index contributed by atoms with van der Waals surface area (Å²) in [6, 6.07) is 11.3. The van der Waals surface area contributed by atoms with Crippen LogP contribution in [0.15, 0.2) is 48.1 Å². The Morgan fingerprint density at radius 2 is 1.81 bits per heavy atom. The van der Waals surface area contributed by atoms with Crippen molar-refractivity contribution in [1.29, 1.82) is 0 Å². The van der Waals surface area contributed by atoms with Crippen LogP contribution < -0.4 is 4.74 Å². The zero-order valence-electron chi connectivity index (χ0n) is 14.2. The zero-order valence-corrected chi connectivity index (χ0v) is 15.9. The van der Waals surface area contributed by atoms with Gasteiger partial charge >= 0.3 is 0 Å². The maximum Gasteiger partial charge on any atom is 0.235 e. The van der Waals surface area contributed by atoms with Gasteiger partial charge in [-0.2, -0.15) is 0 Å². The molecule has 5 nitrogen and oxygen atoms in total. The highest BCUT2D eigenvalue weighted by Crippen LogP contribution is 2.32. The average molecular weight is 389 g/mol. The van der Waals surface area contributed by atoms with Gasteiger partial charge in [0.25, 0.3) is 0 Å². The summed E-state index contributed by atoms with van der Waals surface area (Å²) < 4.78 is 32.4. The van der Waals surface area contributed by atoms with Crippen LogP contribution in [0.5, 0.6) is 5.88 Å². The Kier molecular flexibility index (Phi) is 4.91. The molecule has 3 aromatic rings. The molecule has 1 aliphatic carbocycles. The highest BCUT2D eigenvalue weighted by molar-refractivity contribution is 7.91. The third kappa shape index (κ3) is 3.73. The Hall–Kier alpha value is -1.99. The normalized spacial score (nSPS) is 20.9. The van der Waals surface area contributed by atoms with E-state index in [1.165, 1.54) is 6.33 Å². The molecule has 26 heavy (non-hydrogen) atoms. The predicted octanol–water partition coefficient (Wildman–Crippen LogP) is 4.00. The average Bonchev–Trinajstić information content (AvgIpc) is 3.13. The molecular formula is C19H20N2O3S2. The number of hydrogen-bond acceptors (Lipinski definition) is 6. The first kappa shape index (κ1) is 17.4. The van der Waals surface area contributed by atoms with Crippen molar-refractivity contribution in [3.8, 4) is 5.88 Å². The maximum absolute atomic E-state index is 12.7. The number of ether oxygens (including phenoxy) is 1. The van der Waals surface area contributed by atoms with Gasteiger partial charge in [0, 0.05) is 0 Å². The van der Waals surface area contributed by atoms with Gasteiger partial charge in [-0.15, -0.1) is 11.3 Å². The second-order valence-electron chi connectivity index (χ2n) is 6.62. The number of fused-ring (bicyclic) bond motifs is 1. The third-order valence-electron chi connectivity index (χ3n) is 4.83. The summed E-state index contributed by atoms with van der Waals surface area (Å²) in [7, 11) is -3.14. The Bertz CT molecular complexity index is 978. The fraction of sp³-hybridized carbons (Fsp3) is 0.368. The van der Waals surface area contributed by atoms with Gasteiger partial charge in [0.2, 0.25) is 5.88 Å². The van der Waals surface area contributed by atoms with E-state index < -0.39 is 9.84 Å². The SMILES string of the molecule is O=S(=O)(Cc1ccccc1)C1CCC(Oc2ncnc3ccsc23)CC1. The van der Waals surface area contributed by atoms with E-state index in [2.05, 4.69) is 9.97 Å². The molecule has 0 unspecified atom stereocenters. The van der Waals surface area contributed by atoms with Gasteiger partial charge in [-0.3, -0.25) is 0 Å². The fourth-order valence-electron chi connectivity index (χ4n) is 3.44. The van der Waals surface area contributed by atoms with E-state index in [0.29, 0.717) is 18.7 Å². The first-order chi connectivity index (χ1) is 12.6. The summed E-state index contributed by atoms with van der Waals surface area (Å²) >= 11 is 1.56. The highest BCUT2D eigenvalue weighted by Gasteiger charge is 2.32. The first-order valence-electron chi connectivity index (χ1n) is 8.72. The van der Waals surface area contributed by atoms with Crippen LogP contribution in [0.2, 0.25) is 0 Å². The van der Waals surface area contributed by atoms with Gasteiger partial charge in [0.15, 0.2) is 9.84 Å². The number of rotatable bonds is 5. The Morgan fingerprint density at radius 1 is 1.04 bits per heavy atom. The summed E-state index contributed by atoms with van der Waals surface area (Å²) in [5, 5.41) is 1.69. The molecule has 1 fully saturated rings. The van der Waals surface area contributed by atoms with Crippen molar-refractivity contribution < 1.29 is 13.2 Å². The molecule has 0 amide bonds. The van der Waals surface area contributed by atoms with E-state index in [-0.39, 0.29) is 17.1 Å². The molecule has 0 N–H and O–H groups in total. The van der Waals surface area contributed by atoms with Crippen molar-refractivity contribution in [1.82, 2.24) is 9.97 Å². The number of benzene rings is 1. The molecule has 0 radical (unpaired) electrons. The molecule has 0 aliphatic heterocycles. The van der Waals surface area contributed by atoms with E-state index >= 15 is 0 Å². The molecular weight excluding hydrogens is 368 g/mol. The lowest BCUT2D eigenvalue weighted by Crippen LogP contribution is -2.32. The number of sulfone groups is 1. The summed E-state index contributed by atoms with van der Waals surface area (Å²) in [4.78, 5) is 8.47. The lowest BCUT2D eigenvalue weighted by Gasteiger charge is -2.28. The van der Waals surface area contributed by atoms with Crippen LogP contribution in [-0.4, -0.2) is 29.7 Å². The Labute approximate surface area is 157 Å². The van der Waals surface area contributed by atoms with Crippen LogP contribution in [0.1, 0.15) is 31.2 Å². The molecule has 0 bridgehead atoms. The summed E-state index contributed by atoms with van der Waals surface area (Å²) in [5.74, 6) is 0.728. The largest absolute Gasteiger partial charge is 0.473 e. The van der Waals surface area contributed by atoms with Gasteiger partial charge in [-0.25, -0.2) is 18.4 Å². The quantitative estimate of drug-likeness (QED) is 0.661. The first-order valence-corrected chi connectivity index (χ1v) is 11.3. The molecule has 4 rings (SSSR count). The minimum Gasteiger partial charge on any atom is -0.473 e. The van der Waals surface area contributed by atoms with E-state index in [9.17, 15) is 8.42 Å². The molecule has 7 heteroatoms. The van der Waals surface area contributed by atoms with Gasteiger partial charge in [0.05, 0.1) is 16.5 Å². The van der Waals surface area contributed by atoms with Crippen LogP contribution in [0.25, 0.3) is 10.2 Å². The third-order valence-corrected chi connectivity index (χ3v) is 7.94. The Balaban J connectivity index is 1.39. The molecule has 136 valence electrons. The molecule has 1 saturated carbocycles. The van der Waals surface area contributed by atoms with Crippen molar-refractivity contribution >= 4 is 31.4 Å². The molecule has 1 aromatic carbocycles. The molecule has 2 aromatic heterocycles. The van der Waals surface area contributed by atoms with Crippen molar-refractivity contribution in [2.45, 2.75) is 42.8 Å². The summed E-state index contributed by atoms with van der Waals surface area (Å²) in [6.45, 7) is 0. The lowest BCUT2D eigenvalue weighted by molar-refractivity contribution is 0.152. The second-order valence-corrected chi connectivity index (χ2v) is 9.82. The number of thiophene rings is 1.